The molecule has 1 unspecified atom stereocenters. The van der Waals surface area contributed by atoms with Gasteiger partial charge in [0.25, 0.3) is 0 Å². The van der Waals surface area contributed by atoms with Crippen molar-refractivity contribution in [3.8, 4) is 0 Å². The van der Waals surface area contributed by atoms with Gasteiger partial charge in [-0.3, -0.25) is 9.59 Å². The van der Waals surface area contributed by atoms with Gasteiger partial charge in [-0.05, 0) is 12.8 Å². The lowest BCUT2D eigenvalue weighted by atomic mass is 10.1. The highest BCUT2D eigenvalue weighted by atomic mass is 16.5. The third-order valence-corrected chi connectivity index (χ3v) is 2.38. The molecule has 0 spiro atoms. The second-order valence-electron chi connectivity index (χ2n) is 3.70. The van der Waals surface area contributed by atoms with Gasteiger partial charge in [-0.1, -0.05) is 0 Å². The van der Waals surface area contributed by atoms with Gasteiger partial charge in [-0.2, -0.15) is 0 Å². The molecule has 86 valence electrons. The number of amides is 2. The molecule has 0 aliphatic carbocycles. The molecule has 2 N–H and O–H groups in total. The van der Waals surface area contributed by atoms with Gasteiger partial charge in [0.2, 0.25) is 11.8 Å². The molecule has 0 aromatic rings. The van der Waals surface area contributed by atoms with E-state index in [9.17, 15) is 9.59 Å². The van der Waals surface area contributed by atoms with Crippen LogP contribution in [0.15, 0.2) is 0 Å². The van der Waals surface area contributed by atoms with Crippen LogP contribution in [0.4, 0.5) is 0 Å². The molecule has 0 aromatic heterocycles. The van der Waals surface area contributed by atoms with E-state index in [0.717, 1.165) is 12.8 Å². The Bertz CT molecular complexity index is 221. The van der Waals surface area contributed by atoms with Crippen molar-refractivity contribution in [2.75, 3.05) is 20.3 Å². The van der Waals surface area contributed by atoms with E-state index in [1.807, 2.05) is 0 Å². The lowest BCUT2D eigenvalue weighted by Crippen LogP contribution is -2.47. The zero-order valence-corrected chi connectivity index (χ0v) is 9.04. The minimum atomic E-state index is 0.0354. The number of hydrogen-bond acceptors (Lipinski definition) is 3. The summed E-state index contributed by atoms with van der Waals surface area (Å²) in [6, 6.07) is 0.0951. The summed E-state index contributed by atoms with van der Waals surface area (Å²) in [6.45, 7) is 1.16. The lowest BCUT2D eigenvalue weighted by molar-refractivity contribution is -0.125. The van der Waals surface area contributed by atoms with Gasteiger partial charge in [-0.15, -0.1) is 0 Å². The van der Waals surface area contributed by atoms with Gasteiger partial charge in [0.1, 0.15) is 0 Å². The van der Waals surface area contributed by atoms with Gasteiger partial charge >= 0.3 is 0 Å². The third-order valence-electron chi connectivity index (χ3n) is 2.38. The molecule has 1 fully saturated rings. The van der Waals surface area contributed by atoms with E-state index in [1.165, 1.54) is 0 Å². The van der Waals surface area contributed by atoms with Crippen molar-refractivity contribution in [1.82, 2.24) is 10.6 Å². The van der Waals surface area contributed by atoms with Gasteiger partial charge < -0.3 is 15.4 Å². The van der Waals surface area contributed by atoms with Crippen molar-refractivity contribution in [3.63, 3.8) is 0 Å². The predicted molar refractivity (Wildman–Crippen MR) is 55.3 cm³/mol. The summed E-state index contributed by atoms with van der Waals surface area (Å²) in [6.07, 6.45) is 2.46. The lowest BCUT2D eigenvalue weighted by Gasteiger charge is -2.23. The third kappa shape index (κ3) is 4.78. The standard InChI is InChI=1S/C10H18N2O3/c1-15-6-2-3-10(14)12-8-4-5-9(13)11-7-8/h8H,2-7H2,1H3,(H,11,13)(H,12,14). The van der Waals surface area contributed by atoms with Crippen LogP contribution in [0.5, 0.6) is 0 Å². The fourth-order valence-corrected chi connectivity index (χ4v) is 1.53. The van der Waals surface area contributed by atoms with Crippen LogP contribution in [0.3, 0.4) is 0 Å². The SMILES string of the molecule is COCCCC(=O)NC1CCC(=O)NC1. The van der Waals surface area contributed by atoms with Crippen LogP contribution in [0.2, 0.25) is 0 Å². The first kappa shape index (κ1) is 12.0. The van der Waals surface area contributed by atoms with E-state index in [0.29, 0.717) is 26.0 Å². The molecular formula is C10H18N2O3. The first-order valence-electron chi connectivity index (χ1n) is 5.27. The number of nitrogens with one attached hydrogen (secondary N) is 2. The smallest absolute Gasteiger partial charge is 0.220 e. The molecule has 0 saturated carbocycles. The molecule has 0 bridgehead atoms. The maximum absolute atomic E-state index is 11.4. The highest BCUT2D eigenvalue weighted by Gasteiger charge is 2.18. The summed E-state index contributed by atoms with van der Waals surface area (Å²) in [5.41, 5.74) is 0. The van der Waals surface area contributed by atoms with E-state index in [4.69, 9.17) is 4.74 Å². The van der Waals surface area contributed by atoms with E-state index in [-0.39, 0.29) is 17.9 Å². The normalized spacial score (nSPS) is 20.9. The van der Waals surface area contributed by atoms with E-state index in [2.05, 4.69) is 10.6 Å². The summed E-state index contributed by atoms with van der Waals surface area (Å²) >= 11 is 0. The van der Waals surface area contributed by atoms with Crippen LogP contribution in [0.1, 0.15) is 25.7 Å². The molecule has 2 amide bonds. The maximum atomic E-state index is 11.4. The Morgan fingerprint density at radius 1 is 1.67 bits per heavy atom. The van der Waals surface area contributed by atoms with Crippen LogP contribution in [0.25, 0.3) is 0 Å². The molecule has 5 nitrogen and oxygen atoms in total. The maximum Gasteiger partial charge on any atom is 0.220 e. The number of carbonyl (C=O) groups is 2. The molecule has 1 saturated heterocycles. The molecule has 5 heteroatoms. The number of methoxy groups -OCH3 is 1. The van der Waals surface area contributed by atoms with Crippen molar-refractivity contribution < 1.29 is 14.3 Å². The quantitative estimate of drug-likeness (QED) is 0.623. The van der Waals surface area contributed by atoms with Gasteiger partial charge in [0.05, 0.1) is 0 Å². The Morgan fingerprint density at radius 3 is 3.07 bits per heavy atom. The van der Waals surface area contributed by atoms with E-state index < -0.39 is 0 Å². The molecule has 1 heterocycles. The van der Waals surface area contributed by atoms with Crippen molar-refractivity contribution in [3.05, 3.63) is 0 Å². The van der Waals surface area contributed by atoms with Crippen LogP contribution >= 0.6 is 0 Å². The fraction of sp³-hybridized carbons (Fsp3) is 0.800. The molecule has 0 aromatic carbocycles. The second kappa shape index (κ2) is 6.40. The zero-order chi connectivity index (χ0) is 11.1. The molecule has 1 rings (SSSR count). The highest BCUT2D eigenvalue weighted by Crippen LogP contribution is 2.03. The average molecular weight is 214 g/mol. The van der Waals surface area contributed by atoms with Gasteiger partial charge in [-0.25, -0.2) is 0 Å². The monoisotopic (exact) mass is 214 g/mol. The average Bonchev–Trinajstić information content (AvgIpc) is 2.22. The van der Waals surface area contributed by atoms with Crippen molar-refractivity contribution >= 4 is 11.8 Å². The number of carbonyl (C=O) groups excluding carboxylic acids is 2. The minimum Gasteiger partial charge on any atom is -0.385 e. The summed E-state index contributed by atoms with van der Waals surface area (Å²) in [7, 11) is 1.62. The molecular weight excluding hydrogens is 196 g/mol. The van der Waals surface area contributed by atoms with Gasteiger partial charge in [0.15, 0.2) is 0 Å². The fourth-order valence-electron chi connectivity index (χ4n) is 1.53. The molecule has 1 aliphatic heterocycles. The Morgan fingerprint density at radius 2 is 2.47 bits per heavy atom. The van der Waals surface area contributed by atoms with Crippen LogP contribution in [-0.2, 0) is 14.3 Å². The van der Waals surface area contributed by atoms with Crippen molar-refractivity contribution in [1.29, 1.82) is 0 Å². The van der Waals surface area contributed by atoms with Crippen molar-refractivity contribution in [2.45, 2.75) is 31.7 Å². The molecule has 0 radical (unpaired) electrons. The Hall–Kier alpha value is -1.10. The summed E-state index contributed by atoms with van der Waals surface area (Å²) in [5, 5.41) is 5.62. The van der Waals surface area contributed by atoms with E-state index >= 15 is 0 Å². The van der Waals surface area contributed by atoms with Crippen molar-refractivity contribution in [2.24, 2.45) is 0 Å². The minimum absolute atomic E-state index is 0.0354. The Balaban J connectivity index is 2.12. The van der Waals surface area contributed by atoms with Crippen LogP contribution < -0.4 is 10.6 Å². The Kier molecular flexibility index (Phi) is 5.10. The Labute approximate surface area is 89.6 Å². The molecule has 1 atom stereocenters. The number of piperidine rings is 1. The number of rotatable bonds is 5. The van der Waals surface area contributed by atoms with Gasteiger partial charge in [0, 0.05) is 39.1 Å². The van der Waals surface area contributed by atoms with Crippen LogP contribution in [-0.4, -0.2) is 38.1 Å². The summed E-state index contributed by atoms with van der Waals surface area (Å²) in [4.78, 5) is 22.3. The number of ether oxygens (including phenoxy) is 1. The predicted octanol–water partition coefficient (Wildman–Crippen LogP) is -0.192. The molecule has 15 heavy (non-hydrogen) atoms. The first-order chi connectivity index (χ1) is 7.22. The summed E-state index contributed by atoms with van der Waals surface area (Å²) < 4.78 is 4.86. The highest BCUT2D eigenvalue weighted by molar-refractivity contribution is 5.78. The topological polar surface area (TPSA) is 67.4 Å². The van der Waals surface area contributed by atoms with Crippen LogP contribution in [0, 0.1) is 0 Å². The zero-order valence-electron chi connectivity index (χ0n) is 9.04. The summed E-state index contributed by atoms with van der Waals surface area (Å²) in [5.74, 6) is 0.105. The van der Waals surface area contributed by atoms with E-state index in [1.54, 1.807) is 7.11 Å². The first-order valence-corrected chi connectivity index (χ1v) is 5.27. The largest absolute Gasteiger partial charge is 0.385 e. The second-order valence-corrected chi connectivity index (χ2v) is 3.70. The molecule has 1 aliphatic rings. The number of hydrogen-bond donors (Lipinski definition) is 2.